The fourth-order valence-corrected chi connectivity index (χ4v) is 5.86. The largest absolute Gasteiger partial charge is 0.350 e. The van der Waals surface area contributed by atoms with Crippen molar-refractivity contribution in [2.45, 2.75) is 62.7 Å². The van der Waals surface area contributed by atoms with Crippen LogP contribution in [0.25, 0.3) is 0 Å². The first-order valence-corrected chi connectivity index (χ1v) is 15.1. The van der Waals surface area contributed by atoms with Gasteiger partial charge < -0.3 is 10.2 Å². The lowest BCUT2D eigenvalue weighted by molar-refractivity contribution is -0.140. The Morgan fingerprint density at radius 3 is 2.27 bits per heavy atom. The molecule has 3 aromatic rings. The molecule has 1 aliphatic rings. The Morgan fingerprint density at radius 1 is 1.00 bits per heavy atom. The lowest BCUT2D eigenvalue weighted by Gasteiger charge is -2.29. The van der Waals surface area contributed by atoms with Gasteiger partial charge in [-0.2, -0.15) is 0 Å². The third-order valence-corrected chi connectivity index (χ3v) is 8.79. The number of nitrogens with zero attached hydrogens (tertiary/aromatic N) is 1. The van der Waals surface area contributed by atoms with Crippen molar-refractivity contribution < 1.29 is 22.4 Å². The summed E-state index contributed by atoms with van der Waals surface area (Å²) < 4.78 is 40.9. The second-order valence-electron chi connectivity index (χ2n) is 9.82. The highest BCUT2D eigenvalue weighted by atomic mass is 35.5. The number of hydrogen-bond donors (Lipinski definition) is 2. The van der Waals surface area contributed by atoms with Gasteiger partial charge in [0.1, 0.15) is 11.9 Å². The van der Waals surface area contributed by atoms with Gasteiger partial charge in [0.25, 0.3) is 0 Å². The maximum atomic E-state index is 13.5. The van der Waals surface area contributed by atoms with Crippen molar-refractivity contribution in [3.05, 3.63) is 99.3 Å². The van der Waals surface area contributed by atoms with Crippen molar-refractivity contribution in [1.29, 1.82) is 0 Å². The van der Waals surface area contributed by atoms with Crippen LogP contribution in [0.2, 0.25) is 10.0 Å². The second-order valence-corrected chi connectivity index (χ2v) is 12.4. The van der Waals surface area contributed by atoms with Gasteiger partial charge in [0.2, 0.25) is 21.8 Å². The maximum absolute atomic E-state index is 13.5. The summed E-state index contributed by atoms with van der Waals surface area (Å²) in [7, 11) is -3.56. The highest BCUT2D eigenvalue weighted by Crippen LogP contribution is 2.23. The van der Waals surface area contributed by atoms with Crippen molar-refractivity contribution in [2.24, 2.45) is 0 Å². The van der Waals surface area contributed by atoms with Crippen LogP contribution in [-0.2, 0) is 39.1 Å². The summed E-state index contributed by atoms with van der Waals surface area (Å²) in [5, 5.41) is 3.72. The number of sulfonamides is 1. The van der Waals surface area contributed by atoms with E-state index in [4.69, 9.17) is 23.2 Å². The maximum Gasteiger partial charge on any atom is 0.242 e. The summed E-state index contributed by atoms with van der Waals surface area (Å²) in [5.74, 6) is -1.05. The number of hydrogen-bond acceptors (Lipinski definition) is 4. The summed E-state index contributed by atoms with van der Waals surface area (Å²) >= 11 is 12.2. The Kier molecular flexibility index (Phi) is 9.84. The number of rotatable bonds is 12. The third kappa shape index (κ3) is 8.27. The molecule has 1 saturated carbocycles. The Labute approximate surface area is 243 Å². The van der Waals surface area contributed by atoms with Gasteiger partial charge in [-0.05, 0) is 79.3 Å². The van der Waals surface area contributed by atoms with Crippen LogP contribution in [0.4, 0.5) is 4.39 Å². The van der Waals surface area contributed by atoms with E-state index in [1.807, 2.05) is 0 Å². The average Bonchev–Trinajstić information content (AvgIpc) is 3.74. The zero-order valence-corrected chi connectivity index (χ0v) is 24.2. The Balaban J connectivity index is 1.42. The SMILES string of the molecule is C[C@@H](C(=O)NCc1ccc(Cl)cc1Cl)N(Cc1ccc(F)cc1)C(=O)CCc1ccc(S(=O)(=O)NC2CC2)cc1. The molecule has 0 saturated heterocycles. The Hall–Kier alpha value is -2.98. The number of aryl methyl sites for hydroxylation is 1. The lowest BCUT2D eigenvalue weighted by atomic mass is 10.1. The molecular formula is C29H30Cl2FN3O4S. The summed E-state index contributed by atoms with van der Waals surface area (Å²) in [6.45, 7) is 1.90. The van der Waals surface area contributed by atoms with Crippen LogP contribution in [0.15, 0.2) is 71.6 Å². The summed E-state index contributed by atoms with van der Waals surface area (Å²) in [6, 6.07) is 16.3. The predicted molar refractivity (Wildman–Crippen MR) is 153 cm³/mol. The molecule has 0 aliphatic heterocycles. The summed E-state index contributed by atoms with van der Waals surface area (Å²) in [6.07, 6.45) is 2.14. The molecule has 2 N–H and O–H groups in total. The van der Waals surface area contributed by atoms with Gasteiger partial charge in [-0.1, -0.05) is 53.5 Å². The molecule has 0 bridgehead atoms. The van der Waals surface area contributed by atoms with Crippen LogP contribution in [0.1, 0.15) is 42.9 Å². The average molecular weight is 607 g/mol. The molecule has 4 rings (SSSR count). The highest BCUT2D eigenvalue weighted by Gasteiger charge is 2.28. The van der Waals surface area contributed by atoms with Gasteiger partial charge in [0.05, 0.1) is 4.90 Å². The van der Waals surface area contributed by atoms with Crippen LogP contribution in [0.3, 0.4) is 0 Å². The van der Waals surface area contributed by atoms with Crippen LogP contribution in [0, 0.1) is 5.82 Å². The molecule has 0 unspecified atom stereocenters. The molecule has 2 amide bonds. The van der Waals surface area contributed by atoms with E-state index in [1.54, 1.807) is 49.4 Å². The van der Waals surface area contributed by atoms with Gasteiger partial charge in [-0.25, -0.2) is 17.5 Å². The quantitative estimate of drug-likeness (QED) is 0.295. The highest BCUT2D eigenvalue weighted by molar-refractivity contribution is 7.89. The zero-order chi connectivity index (χ0) is 28.9. The molecule has 0 radical (unpaired) electrons. The van der Waals surface area contributed by atoms with E-state index < -0.39 is 21.9 Å². The topological polar surface area (TPSA) is 95.6 Å². The minimum Gasteiger partial charge on any atom is -0.350 e. The van der Waals surface area contributed by atoms with Gasteiger partial charge in [0, 0.05) is 35.6 Å². The molecule has 0 heterocycles. The molecule has 0 aromatic heterocycles. The van der Waals surface area contributed by atoms with E-state index in [0.717, 1.165) is 18.4 Å². The van der Waals surface area contributed by atoms with Crippen molar-refractivity contribution >= 4 is 45.0 Å². The van der Waals surface area contributed by atoms with Gasteiger partial charge in [0.15, 0.2) is 0 Å². The fraction of sp³-hybridized carbons (Fsp3) is 0.310. The number of nitrogens with one attached hydrogen (secondary N) is 2. The van der Waals surface area contributed by atoms with E-state index in [-0.39, 0.29) is 42.3 Å². The molecule has 3 aromatic carbocycles. The van der Waals surface area contributed by atoms with Crippen molar-refractivity contribution in [3.8, 4) is 0 Å². The molecular weight excluding hydrogens is 576 g/mol. The Bertz CT molecular complexity index is 1460. The number of carbonyl (C=O) groups is 2. The van der Waals surface area contributed by atoms with Crippen LogP contribution in [-0.4, -0.2) is 37.2 Å². The van der Waals surface area contributed by atoms with E-state index >= 15 is 0 Å². The molecule has 11 heteroatoms. The van der Waals surface area contributed by atoms with E-state index in [1.165, 1.54) is 29.2 Å². The number of halogens is 3. The van der Waals surface area contributed by atoms with E-state index in [2.05, 4.69) is 10.0 Å². The Morgan fingerprint density at radius 2 is 1.65 bits per heavy atom. The van der Waals surface area contributed by atoms with E-state index in [9.17, 15) is 22.4 Å². The third-order valence-electron chi connectivity index (χ3n) is 6.66. The lowest BCUT2D eigenvalue weighted by Crippen LogP contribution is -2.47. The zero-order valence-electron chi connectivity index (χ0n) is 21.9. The van der Waals surface area contributed by atoms with Crippen molar-refractivity contribution in [2.75, 3.05) is 0 Å². The van der Waals surface area contributed by atoms with Crippen molar-refractivity contribution in [1.82, 2.24) is 14.9 Å². The minimum atomic E-state index is -3.56. The van der Waals surface area contributed by atoms with Gasteiger partial charge >= 0.3 is 0 Å². The predicted octanol–water partition coefficient (Wildman–Crippen LogP) is 5.24. The summed E-state index contributed by atoms with van der Waals surface area (Å²) in [4.78, 5) is 28.1. The van der Waals surface area contributed by atoms with Gasteiger partial charge in [-0.15, -0.1) is 0 Å². The number of carbonyl (C=O) groups excluding carboxylic acids is 2. The van der Waals surface area contributed by atoms with Crippen LogP contribution >= 0.6 is 23.2 Å². The second kappa shape index (κ2) is 13.1. The summed E-state index contributed by atoms with van der Waals surface area (Å²) in [5.41, 5.74) is 2.14. The number of benzene rings is 3. The first-order valence-electron chi connectivity index (χ1n) is 12.9. The van der Waals surface area contributed by atoms with E-state index in [0.29, 0.717) is 27.6 Å². The molecule has 1 atom stereocenters. The first-order chi connectivity index (χ1) is 19.0. The van der Waals surface area contributed by atoms with Crippen LogP contribution in [0.5, 0.6) is 0 Å². The monoisotopic (exact) mass is 605 g/mol. The van der Waals surface area contributed by atoms with Gasteiger partial charge in [-0.3, -0.25) is 9.59 Å². The molecule has 40 heavy (non-hydrogen) atoms. The van der Waals surface area contributed by atoms with Crippen LogP contribution < -0.4 is 10.0 Å². The molecule has 212 valence electrons. The molecule has 1 aliphatic carbocycles. The minimum absolute atomic E-state index is 0.0109. The standard InChI is InChI=1S/C29H30Cl2FN3O4S/c1-19(29(37)33-17-22-7-8-23(30)16-27(22)31)35(18-21-2-9-24(32)10-3-21)28(36)15-6-20-4-13-26(14-5-20)40(38,39)34-25-11-12-25/h2-5,7-10,13-14,16,19,25,34H,6,11-12,15,17-18H2,1H3,(H,33,37)/t19-/m0/s1. The van der Waals surface area contributed by atoms with Crippen molar-refractivity contribution in [3.63, 3.8) is 0 Å². The normalized spacial score (nSPS) is 14.0. The fourth-order valence-electron chi connectivity index (χ4n) is 4.08. The molecule has 7 nitrogen and oxygen atoms in total. The number of amides is 2. The molecule has 0 spiro atoms. The first kappa shape index (κ1) is 30.0. The molecule has 1 fully saturated rings. The smallest absolute Gasteiger partial charge is 0.242 e.